The standard InChI is InChI=1S/C19H30N6O2/c1-13(26)20-11-17(27)25-9-6-5-7-16(25)18-21-15-8-10-24(4)12-14(15)19(22-18)23(2)3/h16H,5-12H2,1-4H3,(H,20,26). The summed E-state index contributed by atoms with van der Waals surface area (Å²) in [7, 11) is 6.11. The summed E-state index contributed by atoms with van der Waals surface area (Å²) in [4.78, 5) is 39.8. The lowest BCUT2D eigenvalue weighted by atomic mass is 9.99. The smallest absolute Gasteiger partial charge is 0.242 e. The number of carbonyl (C=O) groups excluding carboxylic acids is 2. The highest BCUT2D eigenvalue weighted by atomic mass is 16.2. The quantitative estimate of drug-likeness (QED) is 0.836. The molecule has 1 aromatic heterocycles. The Hall–Kier alpha value is -2.22. The first-order valence-electron chi connectivity index (χ1n) is 9.66. The van der Waals surface area contributed by atoms with Crippen LogP contribution in [-0.4, -0.2) is 72.4 Å². The number of rotatable bonds is 4. The van der Waals surface area contributed by atoms with Crippen molar-refractivity contribution in [2.45, 2.75) is 45.2 Å². The van der Waals surface area contributed by atoms with Crippen LogP contribution in [0.5, 0.6) is 0 Å². The van der Waals surface area contributed by atoms with Gasteiger partial charge in [0.05, 0.1) is 18.3 Å². The van der Waals surface area contributed by atoms with Crippen LogP contribution in [0.1, 0.15) is 49.3 Å². The number of amides is 2. The molecular weight excluding hydrogens is 344 g/mol. The van der Waals surface area contributed by atoms with E-state index < -0.39 is 0 Å². The molecule has 8 nitrogen and oxygen atoms in total. The van der Waals surface area contributed by atoms with E-state index in [2.05, 4.69) is 17.3 Å². The molecule has 1 atom stereocenters. The molecule has 27 heavy (non-hydrogen) atoms. The van der Waals surface area contributed by atoms with Crippen LogP contribution in [0, 0.1) is 0 Å². The highest BCUT2D eigenvalue weighted by molar-refractivity contribution is 5.84. The van der Waals surface area contributed by atoms with Crippen LogP contribution in [0.4, 0.5) is 5.82 Å². The van der Waals surface area contributed by atoms with Crippen molar-refractivity contribution in [1.29, 1.82) is 0 Å². The first-order chi connectivity index (χ1) is 12.9. The molecule has 2 aliphatic rings. The highest BCUT2D eigenvalue weighted by Gasteiger charge is 2.32. The van der Waals surface area contributed by atoms with Gasteiger partial charge in [-0.3, -0.25) is 9.59 Å². The second-order valence-electron chi connectivity index (χ2n) is 7.72. The molecule has 0 aromatic carbocycles. The molecule has 3 heterocycles. The first kappa shape index (κ1) is 19.5. The van der Waals surface area contributed by atoms with Gasteiger partial charge in [0, 0.05) is 52.6 Å². The Morgan fingerprint density at radius 3 is 2.70 bits per heavy atom. The number of piperidine rings is 1. The van der Waals surface area contributed by atoms with Gasteiger partial charge in [0.25, 0.3) is 0 Å². The van der Waals surface area contributed by atoms with E-state index in [0.29, 0.717) is 6.54 Å². The molecule has 1 N–H and O–H groups in total. The van der Waals surface area contributed by atoms with E-state index in [4.69, 9.17) is 9.97 Å². The number of likely N-dealkylation sites (tertiary alicyclic amines) is 1. The number of anilines is 1. The Balaban J connectivity index is 1.92. The lowest BCUT2D eigenvalue weighted by Gasteiger charge is -2.36. The van der Waals surface area contributed by atoms with Crippen molar-refractivity contribution in [3.63, 3.8) is 0 Å². The van der Waals surface area contributed by atoms with E-state index in [0.717, 1.165) is 56.1 Å². The normalized spacial score (nSPS) is 20.1. The Kier molecular flexibility index (Phi) is 5.94. The number of aromatic nitrogens is 2. The van der Waals surface area contributed by atoms with E-state index in [1.807, 2.05) is 23.9 Å². The van der Waals surface area contributed by atoms with Crippen molar-refractivity contribution in [1.82, 2.24) is 25.1 Å². The molecule has 2 amide bonds. The van der Waals surface area contributed by atoms with Crippen molar-refractivity contribution in [2.24, 2.45) is 0 Å². The monoisotopic (exact) mass is 374 g/mol. The van der Waals surface area contributed by atoms with E-state index >= 15 is 0 Å². The minimum absolute atomic E-state index is 0.0299. The molecule has 0 saturated carbocycles. The average molecular weight is 374 g/mol. The third kappa shape index (κ3) is 4.37. The zero-order valence-corrected chi connectivity index (χ0v) is 16.8. The van der Waals surface area contributed by atoms with Crippen molar-refractivity contribution >= 4 is 17.6 Å². The van der Waals surface area contributed by atoms with Crippen molar-refractivity contribution < 1.29 is 9.59 Å². The minimum Gasteiger partial charge on any atom is -0.362 e. The van der Waals surface area contributed by atoms with Crippen LogP contribution in [0.15, 0.2) is 0 Å². The van der Waals surface area contributed by atoms with Gasteiger partial charge >= 0.3 is 0 Å². The molecule has 0 spiro atoms. The zero-order chi connectivity index (χ0) is 19.6. The van der Waals surface area contributed by atoms with Gasteiger partial charge in [0.1, 0.15) is 5.82 Å². The number of fused-ring (bicyclic) bond motifs is 1. The van der Waals surface area contributed by atoms with Gasteiger partial charge < -0.3 is 20.0 Å². The minimum atomic E-state index is -0.194. The SMILES string of the molecule is CC(=O)NCC(=O)N1CCCCC1c1nc2c(c(N(C)C)n1)CN(C)CC2. The molecule has 148 valence electrons. The van der Waals surface area contributed by atoms with Crippen LogP contribution < -0.4 is 10.2 Å². The van der Waals surface area contributed by atoms with Crippen molar-refractivity contribution in [2.75, 3.05) is 45.7 Å². The summed E-state index contributed by atoms with van der Waals surface area (Å²) in [6.07, 6.45) is 3.78. The average Bonchev–Trinajstić information content (AvgIpc) is 2.65. The zero-order valence-electron chi connectivity index (χ0n) is 16.8. The molecule has 3 rings (SSSR count). The molecule has 1 saturated heterocycles. The topological polar surface area (TPSA) is 81.7 Å². The molecule has 0 bridgehead atoms. The third-order valence-electron chi connectivity index (χ3n) is 5.28. The molecule has 1 fully saturated rings. The van der Waals surface area contributed by atoms with E-state index in [9.17, 15) is 9.59 Å². The molecule has 0 aliphatic carbocycles. The maximum absolute atomic E-state index is 12.7. The van der Waals surface area contributed by atoms with Crippen LogP contribution >= 0.6 is 0 Å². The molecule has 8 heteroatoms. The van der Waals surface area contributed by atoms with Crippen LogP contribution in [0.3, 0.4) is 0 Å². The van der Waals surface area contributed by atoms with Gasteiger partial charge in [-0.05, 0) is 26.3 Å². The summed E-state index contributed by atoms with van der Waals surface area (Å²) in [6, 6.07) is -0.122. The Morgan fingerprint density at radius 2 is 2.00 bits per heavy atom. The van der Waals surface area contributed by atoms with E-state index in [1.165, 1.54) is 12.5 Å². The van der Waals surface area contributed by atoms with Gasteiger partial charge in [-0.15, -0.1) is 0 Å². The number of nitrogens with one attached hydrogen (secondary N) is 1. The van der Waals surface area contributed by atoms with Gasteiger partial charge in [0.15, 0.2) is 5.82 Å². The van der Waals surface area contributed by atoms with Crippen LogP contribution in [0.25, 0.3) is 0 Å². The fourth-order valence-corrected chi connectivity index (χ4v) is 3.87. The van der Waals surface area contributed by atoms with Gasteiger partial charge in [-0.2, -0.15) is 0 Å². The molecule has 2 aliphatic heterocycles. The lowest BCUT2D eigenvalue weighted by molar-refractivity contribution is -0.136. The highest BCUT2D eigenvalue weighted by Crippen LogP contribution is 2.32. The summed E-state index contributed by atoms with van der Waals surface area (Å²) in [6.45, 7) is 3.96. The maximum Gasteiger partial charge on any atom is 0.242 e. The molecule has 0 radical (unpaired) electrons. The first-order valence-corrected chi connectivity index (χ1v) is 9.66. The summed E-state index contributed by atoms with van der Waals surface area (Å²) >= 11 is 0. The predicted octanol–water partition coefficient (Wildman–Crippen LogP) is 0.720. The number of carbonyl (C=O) groups is 2. The lowest BCUT2D eigenvalue weighted by Crippen LogP contribution is -2.44. The Labute approximate surface area is 160 Å². The Morgan fingerprint density at radius 1 is 1.22 bits per heavy atom. The van der Waals surface area contributed by atoms with Crippen molar-refractivity contribution in [3.8, 4) is 0 Å². The van der Waals surface area contributed by atoms with Gasteiger partial charge in [-0.25, -0.2) is 9.97 Å². The van der Waals surface area contributed by atoms with Gasteiger partial charge in [-0.1, -0.05) is 0 Å². The summed E-state index contributed by atoms with van der Waals surface area (Å²) in [5, 5.41) is 2.61. The molecule has 1 aromatic rings. The van der Waals surface area contributed by atoms with Crippen LogP contribution in [-0.2, 0) is 22.6 Å². The predicted molar refractivity (Wildman–Crippen MR) is 103 cm³/mol. The van der Waals surface area contributed by atoms with E-state index in [1.54, 1.807) is 0 Å². The van der Waals surface area contributed by atoms with E-state index in [-0.39, 0.29) is 24.4 Å². The number of hydrogen-bond donors (Lipinski definition) is 1. The van der Waals surface area contributed by atoms with Gasteiger partial charge in [0.2, 0.25) is 11.8 Å². The largest absolute Gasteiger partial charge is 0.362 e. The Bertz CT molecular complexity index is 720. The molecular formula is C19H30N6O2. The third-order valence-corrected chi connectivity index (χ3v) is 5.28. The summed E-state index contributed by atoms with van der Waals surface area (Å²) in [5.74, 6) is 1.42. The molecule has 1 unspecified atom stereocenters. The second kappa shape index (κ2) is 8.21. The van der Waals surface area contributed by atoms with Crippen molar-refractivity contribution in [3.05, 3.63) is 17.1 Å². The van der Waals surface area contributed by atoms with Crippen LogP contribution in [0.2, 0.25) is 0 Å². The number of nitrogens with zero attached hydrogens (tertiary/aromatic N) is 5. The maximum atomic E-state index is 12.7. The number of hydrogen-bond acceptors (Lipinski definition) is 6. The summed E-state index contributed by atoms with van der Waals surface area (Å²) < 4.78 is 0. The second-order valence-corrected chi connectivity index (χ2v) is 7.72. The fourth-order valence-electron chi connectivity index (χ4n) is 3.87. The fraction of sp³-hybridized carbons (Fsp3) is 0.684. The summed E-state index contributed by atoms with van der Waals surface area (Å²) in [5.41, 5.74) is 2.28. The number of likely N-dealkylation sites (N-methyl/N-ethyl adjacent to an activating group) is 1.